The van der Waals surface area contributed by atoms with E-state index in [4.69, 9.17) is 19.3 Å². The number of aliphatic hydroxyl groups excluding tert-OH is 2. The van der Waals surface area contributed by atoms with Gasteiger partial charge in [-0.15, -0.1) is 0 Å². The number of carbonyl (C=O) groups excluding carboxylic acids is 2. The molecule has 11 heteroatoms. The third-order valence-electron chi connectivity index (χ3n) is 5.34. The third kappa shape index (κ3) is 4.85. The van der Waals surface area contributed by atoms with E-state index in [9.17, 15) is 24.8 Å². The summed E-state index contributed by atoms with van der Waals surface area (Å²) >= 11 is 0. The van der Waals surface area contributed by atoms with Crippen LogP contribution in [-0.4, -0.2) is 72.3 Å². The summed E-state index contributed by atoms with van der Waals surface area (Å²) in [5.74, 6) is -1.43. The summed E-state index contributed by atoms with van der Waals surface area (Å²) in [6.45, 7) is -0.0977. The van der Waals surface area contributed by atoms with Crippen molar-refractivity contribution in [2.24, 2.45) is 0 Å². The second-order valence-corrected chi connectivity index (χ2v) is 7.24. The van der Waals surface area contributed by atoms with Crippen molar-refractivity contribution < 1.29 is 38.9 Å². The number of rotatable bonds is 10. The number of non-ortho nitro benzene ring substituents is 1. The Morgan fingerprint density at radius 3 is 2.38 bits per heavy atom. The lowest BCUT2D eigenvalue weighted by molar-refractivity contribution is -0.384. The van der Waals surface area contributed by atoms with Crippen LogP contribution in [0.2, 0.25) is 0 Å². The smallest absolute Gasteiger partial charge is 0.295 e. The number of ether oxygens (including phenoxy) is 3. The zero-order valence-electron chi connectivity index (χ0n) is 18.6. The van der Waals surface area contributed by atoms with Crippen molar-refractivity contribution in [2.75, 3.05) is 40.6 Å². The number of amides is 1. The van der Waals surface area contributed by atoms with Gasteiger partial charge in [0.1, 0.15) is 17.3 Å². The topological polar surface area (TPSA) is 149 Å². The normalized spacial score (nSPS) is 17.1. The maximum Gasteiger partial charge on any atom is 0.295 e. The van der Waals surface area contributed by atoms with Crippen LogP contribution in [0, 0.1) is 10.1 Å². The van der Waals surface area contributed by atoms with Crippen LogP contribution >= 0.6 is 0 Å². The number of nitro groups is 1. The van der Waals surface area contributed by atoms with Crippen LogP contribution in [0.15, 0.2) is 48.0 Å². The highest BCUT2D eigenvalue weighted by Crippen LogP contribution is 2.43. The molecule has 1 amide bonds. The van der Waals surface area contributed by atoms with Crippen molar-refractivity contribution in [2.45, 2.75) is 6.04 Å². The number of ketones is 1. The molecule has 0 saturated carbocycles. The van der Waals surface area contributed by atoms with Gasteiger partial charge in [-0.3, -0.25) is 19.7 Å². The summed E-state index contributed by atoms with van der Waals surface area (Å²) in [7, 11) is 2.90. The van der Waals surface area contributed by atoms with Gasteiger partial charge in [-0.25, -0.2) is 0 Å². The predicted molar refractivity (Wildman–Crippen MR) is 120 cm³/mol. The Balaban J connectivity index is 2.14. The van der Waals surface area contributed by atoms with Crippen molar-refractivity contribution >= 4 is 23.1 Å². The van der Waals surface area contributed by atoms with Crippen LogP contribution in [0.3, 0.4) is 0 Å². The molecule has 1 atom stereocenters. The summed E-state index contributed by atoms with van der Waals surface area (Å²) in [6, 6.07) is 8.80. The first kappa shape index (κ1) is 24.7. The van der Waals surface area contributed by atoms with Crippen LogP contribution in [-0.2, 0) is 14.3 Å². The lowest BCUT2D eigenvalue weighted by Gasteiger charge is -2.26. The average molecular weight is 472 g/mol. The SMILES string of the molecule is COc1ccc(C2/C(=C(/O)c3ccc([N+](=O)[O-])cc3)C(=O)C(=O)N2CCOCCO)c(OC)c1. The zero-order chi connectivity index (χ0) is 24.8. The molecular formula is C23H24N2O9. The molecule has 0 aliphatic carbocycles. The van der Waals surface area contributed by atoms with Gasteiger partial charge in [0.15, 0.2) is 0 Å². The van der Waals surface area contributed by atoms with E-state index >= 15 is 0 Å². The maximum atomic E-state index is 13.0. The Morgan fingerprint density at radius 1 is 1.09 bits per heavy atom. The van der Waals surface area contributed by atoms with E-state index in [0.717, 1.165) is 0 Å². The first-order valence-corrected chi connectivity index (χ1v) is 10.3. The highest BCUT2D eigenvalue weighted by molar-refractivity contribution is 6.46. The maximum absolute atomic E-state index is 13.0. The molecule has 0 bridgehead atoms. The van der Waals surface area contributed by atoms with Gasteiger partial charge in [-0.2, -0.15) is 0 Å². The van der Waals surface area contributed by atoms with Crippen molar-refractivity contribution in [3.8, 4) is 11.5 Å². The van der Waals surface area contributed by atoms with Gasteiger partial charge in [0.25, 0.3) is 17.4 Å². The Bertz CT molecular complexity index is 1110. The summed E-state index contributed by atoms with van der Waals surface area (Å²) < 4.78 is 16.0. The van der Waals surface area contributed by atoms with Gasteiger partial charge in [-0.05, 0) is 24.3 Å². The molecule has 180 valence electrons. The number of hydrogen-bond donors (Lipinski definition) is 2. The van der Waals surface area contributed by atoms with Crippen LogP contribution < -0.4 is 9.47 Å². The monoisotopic (exact) mass is 472 g/mol. The molecule has 34 heavy (non-hydrogen) atoms. The molecule has 0 spiro atoms. The van der Waals surface area contributed by atoms with Gasteiger partial charge in [-0.1, -0.05) is 0 Å². The van der Waals surface area contributed by atoms with Crippen LogP contribution in [0.1, 0.15) is 17.2 Å². The van der Waals surface area contributed by atoms with Crippen LogP contribution in [0.4, 0.5) is 5.69 Å². The van der Waals surface area contributed by atoms with E-state index in [2.05, 4.69) is 0 Å². The molecule has 1 saturated heterocycles. The number of nitrogens with zero attached hydrogens (tertiary/aromatic N) is 2. The van der Waals surface area contributed by atoms with E-state index in [-0.39, 0.29) is 43.2 Å². The van der Waals surface area contributed by atoms with Crippen LogP contribution in [0.5, 0.6) is 11.5 Å². The highest BCUT2D eigenvalue weighted by Gasteiger charge is 2.47. The standard InChI is InChI=1S/C23H24N2O9/c1-32-16-7-8-17(18(13-16)33-2)20-19(21(27)14-3-5-15(6-4-14)25(30)31)22(28)23(29)24(20)9-11-34-12-10-26/h3-8,13,20,26-27H,9-12H2,1-2H3/b21-19-. The molecule has 1 heterocycles. The molecule has 1 aliphatic rings. The number of likely N-dealkylation sites (tertiary alicyclic amines) is 1. The lowest BCUT2D eigenvalue weighted by Crippen LogP contribution is -2.33. The van der Waals surface area contributed by atoms with Gasteiger partial charge < -0.3 is 29.3 Å². The second-order valence-electron chi connectivity index (χ2n) is 7.24. The minimum Gasteiger partial charge on any atom is -0.507 e. The minimum absolute atomic E-state index is 0.00145. The fourth-order valence-corrected chi connectivity index (χ4v) is 3.70. The molecule has 0 radical (unpaired) electrons. The quantitative estimate of drug-likeness (QED) is 0.132. The molecule has 11 nitrogen and oxygen atoms in total. The molecule has 1 fully saturated rings. The molecular weight excluding hydrogens is 448 g/mol. The number of methoxy groups -OCH3 is 2. The highest BCUT2D eigenvalue weighted by atomic mass is 16.6. The minimum atomic E-state index is -1.02. The lowest BCUT2D eigenvalue weighted by atomic mass is 9.94. The second kappa shape index (κ2) is 10.8. The molecule has 2 aromatic carbocycles. The fraction of sp³-hybridized carbons (Fsp3) is 0.304. The fourth-order valence-electron chi connectivity index (χ4n) is 3.70. The number of aliphatic hydroxyl groups is 2. The molecule has 2 N–H and O–H groups in total. The van der Waals surface area contributed by atoms with Crippen molar-refractivity contribution in [1.82, 2.24) is 4.90 Å². The number of hydrogen-bond acceptors (Lipinski definition) is 9. The molecule has 0 aromatic heterocycles. The van der Waals surface area contributed by atoms with Crippen molar-refractivity contribution in [3.63, 3.8) is 0 Å². The van der Waals surface area contributed by atoms with Gasteiger partial charge in [0, 0.05) is 35.9 Å². The molecule has 1 aliphatic heterocycles. The molecule has 3 rings (SSSR count). The Labute approximate surface area is 194 Å². The Hall–Kier alpha value is -3.96. The first-order chi connectivity index (χ1) is 16.3. The van der Waals surface area contributed by atoms with E-state index in [1.54, 1.807) is 18.2 Å². The van der Waals surface area contributed by atoms with Gasteiger partial charge >= 0.3 is 0 Å². The van der Waals surface area contributed by atoms with Crippen molar-refractivity contribution in [3.05, 3.63) is 69.3 Å². The van der Waals surface area contributed by atoms with E-state index in [0.29, 0.717) is 17.1 Å². The largest absolute Gasteiger partial charge is 0.507 e. The summed E-state index contributed by atoms with van der Waals surface area (Å²) in [6.07, 6.45) is 0. The van der Waals surface area contributed by atoms with E-state index in [1.807, 2.05) is 0 Å². The summed E-state index contributed by atoms with van der Waals surface area (Å²) in [5.41, 5.74) is 0.182. The Morgan fingerprint density at radius 2 is 1.79 bits per heavy atom. The summed E-state index contributed by atoms with van der Waals surface area (Å²) in [4.78, 5) is 37.6. The third-order valence-corrected chi connectivity index (χ3v) is 5.34. The molecule has 2 aromatic rings. The number of carbonyl (C=O) groups is 2. The number of Topliss-reactive ketones (excluding diaryl/α,β-unsaturated/α-hetero) is 1. The first-order valence-electron chi connectivity index (χ1n) is 10.3. The predicted octanol–water partition coefficient (Wildman–Crippen LogP) is 2.04. The zero-order valence-corrected chi connectivity index (χ0v) is 18.6. The van der Waals surface area contributed by atoms with Gasteiger partial charge in [0.05, 0.1) is 50.6 Å². The molecule has 1 unspecified atom stereocenters. The van der Waals surface area contributed by atoms with Crippen LogP contribution in [0.25, 0.3) is 5.76 Å². The summed E-state index contributed by atoms with van der Waals surface area (Å²) in [5, 5.41) is 30.9. The van der Waals surface area contributed by atoms with Crippen molar-refractivity contribution in [1.29, 1.82) is 0 Å². The average Bonchev–Trinajstić information content (AvgIpc) is 3.10. The number of benzene rings is 2. The van der Waals surface area contributed by atoms with Gasteiger partial charge in [0.2, 0.25) is 0 Å². The Kier molecular flexibility index (Phi) is 7.82. The van der Waals surface area contributed by atoms with E-state index < -0.39 is 28.4 Å². The number of nitro benzene ring substituents is 1. The van der Waals surface area contributed by atoms with E-state index in [1.165, 1.54) is 43.4 Å².